The zero-order valence-corrected chi connectivity index (χ0v) is 38.7. The van der Waals surface area contributed by atoms with Crippen LogP contribution in [0.15, 0.2) is 77.1 Å². The van der Waals surface area contributed by atoms with Gasteiger partial charge in [0.05, 0.1) is 17.2 Å². The molecule has 0 bridgehead atoms. The predicted octanol–water partition coefficient (Wildman–Crippen LogP) is -15.4. The first-order valence-electron chi connectivity index (χ1n) is 21.9. The third-order valence-corrected chi connectivity index (χ3v) is 16.2. The Balaban J connectivity index is 1.48. The molecule has 0 spiro atoms. The molecule has 2 aliphatic rings. The van der Waals surface area contributed by atoms with Crippen molar-refractivity contribution in [2.75, 3.05) is 4.90 Å². The van der Waals surface area contributed by atoms with Gasteiger partial charge in [-0.25, -0.2) is 0 Å². The minimum atomic E-state index is 0.0911. The Morgan fingerprint density at radius 2 is 0.717 bits per heavy atom. The first kappa shape index (κ1) is 39.4. The highest BCUT2D eigenvalue weighted by Gasteiger charge is 2.45. The lowest BCUT2D eigenvalue weighted by atomic mass is 9.64. The van der Waals surface area contributed by atoms with E-state index in [9.17, 15) is 0 Å². The molecule has 19 heteroatoms. The summed E-state index contributed by atoms with van der Waals surface area (Å²) in [4.78, 5) is 2.83. The van der Waals surface area contributed by atoms with Gasteiger partial charge in [-0.3, -0.25) is 0 Å². The summed E-state index contributed by atoms with van der Waals surface area (Å²) in [5, 5.41) is 5.56. The van der Waals surface area contributed by atoms with Crippen molar-refractivity contribution in [1.82, 2.24) is 9.13 Å². The fourth-order valence-corrected chi connectivity index (χ4v) is 11.9. The van der Waals surface area contributed by atoms with Gasteiger partial charge in [-0.1, -0.05) is 102 Å². The zero-order chi connectivity index (χ0) is 42.7. The van der Waals surface area contributed by atoms with Crippen LogP contribution < -0.4 is 75.9 Å². The second kappa shape index (κ2) is 13.4. The summed E-state index contributed by atoms with van der Waals surface area (Å²) in [6, 6.07) is 22.4. The average Bonchev–Trinajstić information content (AvgIpc) is 3.96. The normalized spacial score (nSPS) is 15.1. The van der Waals surface area contributed by atoms with Crippen LogP contribution in [-0.4, -0.2) is 141 Å². The Morgan fingerprint density at radius 1 is 0.333 bits per heavy atom. The number of hydrogen-bond donors (Lipinski definition) is 0. The number of rotatable bonds is 3. The molecule has 270 valence electrons. The van der Waals surface area contributed by atoms with E-state index in [1.54, 1.807) is 0 Å². The summed E-state index contributed by atoms with van der Waals surface area (Å²) < 4.78 is 5.26. The Labute approximate surface area is 369 Å². The summed E-state index contributed by atoms with van der Waals surface area (Å²) >= 11 is 0. The molecule has 1 atom stereocenters. The van der Waals surface area contributed by atoms with Gasteiger partial charge in [-0.15, -0.1) is 16.4 Å². The van der Waals surface area contributed by atoms with Gasteiger partial charge in [0.2, 0.25) is 0 Å². The van der Waals surface area contributed by atoms with Crippen LogP contribution in [0.1, 0.15) is 5.56 Å². The lowest BCUT2D eigenvalue weighted by molar-refractivity contribution is 1.00. The van der Waals surface area contributed by atoms with Crippen LogP contribution in [-0.2, 0) is 0 Å². The lowest BCUT2D eigenvalue weighted by Gasteiger charge is -2.34. The molecule has 1 unspecified atom stereocenters. The van der Waals surface area contributed by atoms with Crippen molar-refractivity contribution in [2.45, 2.75) is 6.04 Å². The first-order chi connectivity index (χ1) is 28.5. The minimum absolute atomic E-state index is 0.0911. The second-order valence-electron chi connectivity index (χ2n) is 18.6. The van der Waals surface area contributed by atoms with Crippen LogP contribution in [0.4, 0.5) is 11.4 Å². The average molecular weight is 751 g/mol. The van der Waals surface area contributed by atoms with E-state index in [-0.39, 0.29) is 6.04 Å². The van der Waals surface area contributed by atoms with E-state index in [2.05, 4.69) is 200 Å². The van der Waals surface area contributed by atoms with E-state index < -0.39 is 0 Å². The van der Waals surface area contributed by atoms with E-state index in [0.717, 1.165) is 0 Å². The molecule has 0 radical (unpaired) electrons. The molecule has 2 aromatic heterocycles. The van der Waals surface area contributed by atoms with E-state index >= 15 is 0 Å². The number of benzene rings is 6. The topological polar surface area (TPSA) is 13.1 Å². The largest absolute Gasteiger partial charge is 0.330 e. The molecule has 8 aromatic rings. The number of hydrogen-bond acceptors (Lipinski definition) is 1. The first-order valence-corrected chi connectivity index (χ1v) is 21.9. The van der Waals surface area contributed by atoms with Crippen LogP contribution in [0, 0.1) is 0 Å². The maximum absolute atomic E-state index is 2.83. The maximum Gasteiger partial charge on any atom is 0.144 e. The Hall–Kier alpha value is -4.76. The van der Waals surface area contributed by atoms with Crippen LogP contribution in [0.3, 0.4) is 0 Å². The molecule has 0 saturated carbocycles. The molecule has 1 aliphatic carbocycles. The Morgan fingerprint density at radius 3 is 1.20 bits per heavy atom. The monoisotopic (exact) mass is 753 g/mol. The van der Waals surface area contributed by atoms with Gasteiger partial charge in [-0.05, 0) is 57.0 Å². The highest BCUT2D eigenvalue weighted by molar-refractivity contribution is 6.71. The molecular weight excluding hydrogens is 707 g/mol. The molecule has 3 heterocycles. The van der Waals surface area contributed by atoms with Gasteiger partial charge >= 0.3 is 0 Å². The Kier molecular flexibility index (Phi) is 8.77. The summed E-state index contributed by atoms with van der Waals surface area (Å²) in [5.41, 5.74) is 35.5. The van der Waals surface area contributed by atoms with Gasteiger partial charge in [0.1, 0.15) is 126 Å². The van der Waals surface area contributed by atoms with E-state index in [1.807, 2.05) is 0 Å². The molecule has 0 saturated heterocycles. The van der Waals surface area contributed by atoms with Crippen molar-refractivity contribution in [2.24, 2.45) is 0 Å². The van der Waals surface area contributed by atoms with Crippen molar-refractivity contribution in [3.8, 4) is 11.4 Å². The summed E-state index contributed by atoms with van der Waals surface area (Å²) in [6.07, 6.45) is 0. The molecule has 0 fully saturated rings. The molecule has 6 aromatic carbocycles. The van der Waals surface area contributed by atoms with E-state index in [4.69, 9.17) is 0 Å². The number of fused-ring (bicyclic) bond motifs is 10. The molecule has 0 amide bonds. The molecule has 10 rings (SSSR count). The number of allylic oxidation sites excluding steroid dienone is 2. The highest BCUT2D eigenvalue weighted by atomic mass is 15.2. The standard InChI is InChI=1S/C41H43B16N3/c42-19-17-15-22(45)26(49)29(52)33(56)36(15)59(12-9-5-2-6-10-12)39(17)40-18(20(19)43)16-23(46)27(50)31(54)37(16)60(40)41-30(53)24(47)14-13-21(44)25(48)28(51)32(55)35(13)58(38(14)34(41)57)11-7-3-1-4-8-11/h1-10,37H,42-57H2. The van der Waals surface area contributed by atoms with Crippen LogP contribution in [0.2, 0.25) is 0 Å². The second-order valence-corrected chi connectivity index (χ2v) is 18.6. The number of para-hydroxylation sites is 2. The lowest BCUT2D eigenvalue weighted by Crippen LogP contribution is -2.48. The fraction of sp³-hybridized carbons (Fsp3) is 0.0244. The minimum Gasteiger partial charge on any atom is -0.330 e. The number of anilines is 2. The quantitative estimate of drug-likeness (QED) is 0.164. The van der Waals surface area contributed by atoms with Crippen molar-refractivity contribution in [3.63, 3.8) is 0 Å². The molecular formula is C41H43B16N3. The maximum atomic E-state index is 2.83. The van der Waals surface area contributed by atoms with Crippen LogP contribution >= 0.6 is 0 Å². The molecule has 3 nitrogen and oxygen atoms in total. The van der Waals surface area contributed by atoms with Crippen molar-refractivity contribution in [1.29, 1.82) is 0 Å². The van der Waals surface area contributed by atoms with Gasteiger partial charge in [0, 0.05) is 39.0 Å². The van der Waals surface area contributed by atoms with Gasteiger partial charge in [-0.2, -0.15) is 0 Å². The Bertz CT molecular complexity index is 3390. The fourth-order valence-electron chi connectivity index (χ4n) is 11.9. The van der Waals surface area contributed by atoms with Crippen LogP contribution in [0.5, 0.6) is 0 Å². The van der Waals surface area contributed by atoms with Crippen LogP contribution in [0.25, 0.3) is 60.6 Å². The molecule has 0 N–H and O–H groups in total. The van der Waals surface area contributed by atoms with Crippen molar-refractivity contribution in [3.05, 3.63) is 82.6 Å². The predicted molar refractivity (Wildman–Crippen MR) is 313 cm³/mol. The summed E-state index contributed by atoms with van der Waals surface area (Å²) in [7, 11) is 37.8. The summed E-state index contributed by atoms with van der Waals surface area (Å²) in [6.45, 7) is 0. The van der Waals surface area contributed by atoms with Crippen molar-refractivity contribution >= 4 is 257 Å². The van der Waals surface area contributed by atoms with Gasteiger partial charge < -0.3 is 14.0 Å². The smallest absolute Gasteiger partial charge is 0.144 e. The number of nitrogens with zero attached hydrogens (tertiary/aromatic N) is 3. The van der Waals surface area contributed by atoms with Gasteiger partial charge in [0.25, 0.3) is 0 Å². The van der Waals surface area contributed by atoms with Gasteiger partial charge in [0.15, 0.2) is 0 Å². The summed E-state index contributed by atoms with van der Waals surface area (Å²) in [5.74, 6) is 0. The number of aromatic nitrogens is 2. The van der Waals surface area contributed by atoms with Crippen molar-refractivity contribution < 1.29 is 0 Å². The third kappa shape index (κ3) is 4.73. The SMILES string of the molecule is BC1=C(B)C2C(=C1B)c1c(B)c(B)c3c4c(B)c(B)c(B)c(B)c4n(-c4ccccc4)c3c1N2c1c(B)c(B)c2c3c(B)c(B)c(B)c(B)c3n(-c3ccccc3)c2c1B. The zero-order valence-electron chi connectivity index (χ0n) is 38.7. The third-order valence-electron chi connectivity index (χ3n) is 16.2. The molecule has 1 aliphatic heterocycles. The highest BCUT2D eigenvalue weighted by Crippen LogP contribution is 2.54. The molecule has 60 heavy (non-hydrogen) atoms. The van der Waals surface area contributed by atoms with E-state index in [0.29, 0.717) is 0 Å². The van der Waals surface area contributed by atoms with E-state index in [1.165, 1.54) is 165 Å².